The van der Waals surface area contributed by atoms with E-state index in [2.05, 4.69) is 14.9 Å². The van der Waals surface area contributed by atoms with Crippen LogP contribution < -0.4 is 9.46 Å². The number of ether oxygens (including phenoxy) is 1. The van der Waals surface area contributed by atoms with E-state index in [1.807, 2.05) is 0 Å². The van der Waals surface area contributed by atoms with Crippen molar-refractivity contribution in [3.8, 4) is 17.2 Å². The molecule has 0 aliphatic heterocycles. The summed E-state index contributed by atoms with van der Waals surface area (Å²) in [5, 5.41) is 7.67. The second-order valence-electron chi connectivity index (χ2n) is 3.95. The maximum atomic E-state index is 11.3. The average Bonchev–Trinajstić information content (AvgIpc) is 2.94. The zero-order chi connectivity index (χ0) is 14.6. The monoisotopic (exact) mass is 297 g/mol. The lowest BCUT2D eigenvalue weighted by atomic mass is 10.2. The lowest BCUT2D eigenvalue weighted by Crippen LogP contribution is -2.24. The zero-order valence-corrected chi connectivity index (χ0v) is 12.0. The Balaban J connectivity index is 2.08. The van der Waals surface area contributed by atoms with Gasteiger partial charge in [-0.15, -0.1) is 10.2 Å². The molecular formula is C12H15N3O4S. The smallest absolute Gasteiger partial charge is 0.247 e. The van der Waals surface area contributed by atoms with Crippen molar-refractivity contribution in [1.82, 2.24) is 14.9 Å². The van der Waals surface area contributed by atoms with Crippen LogP contribution in [0, 0.1) is 0 Å². The second-order valence-corrected chi connectivity index (χ2v) is 6.05. The highest BCUT2D eigenvalue weighted by Gasteiger charge is 2.12. The van der Waals surface area contributed by atoms with Crippen LogP contribution in [-0.4, -0.2) is 31.5 Å². The first kappa shape index (κ1) is 14.5. The van der Waals surface area contributed by atoms with Gasteiger partial charge >= 0.3 is 0 Å². The van der Waals surface area contributed by atoms with Gasteiger partial charge in [-0.2, -0.15) is 0 Å². The molecule has 1 aromatic heterocycles. The largest absolute Gasteiger partial charge is 0.497 e. The zero-order valence-electron chi connectivity index (χ0n) is 11.2. The van der Waals surface area contributed by atoms with Gasteiger partial charge in [0, 0.05) is 5.56 Å². The summed E-state index contributed by atoms with van der Waals surface area (Å²) in [4.78, 5) is 0. The third kappa shape index (κ3) is 3.55. The predicted octanol–water partition coefficient (Wildman–Crippen LogP) is 1.18. The van der Waals surface area contributed by atoms with Crippen LogP contribution in [0.2, 0.25) is 0 Å². The summed E-state index contributed by atoms with van der Waals surface area (Å²) in [7, 11) is -1.69. The van der Waals surface area contributed by atoms with Gasteiger partial charge in [0.2, 0.25) is 21.8 Å². The van der Waals surface area contributed by atoms with Gasteiger partial charge in [-0.3, -0.25) is 0 Å². The molecule has 2 aromatic rings. The van der Waals surface area contributed by atoms with Crippen LogP contribution in [0.5, 0.6) is 5.75 Å². The highest BCUT2D eigenvalue weighted by molar-refractivity contribution is 7.89. The number of sulfonamides is 1. The molecule has 0 aliphatic rings. The second kappa shape index (κ2) is 6.02. The van der Waals surface area contributed by atoms with Gasteiger partial charge < -0.3 is 9.15 Å². The molecule has 108 valence electrons. The van der Waals surface area contributed by atoms with Crippen molar-refractivity contribution >= 4 is 10.0 Å². The maximum Gasteiger partial charge on any atom is 0.247 e. The van der Waals surface area contributed by atoms with Crippen molar-refractivity contribution < 1.29 is 17.6 Å². The first-order valence-electron chi connectivity index (χ1n) is 5.98. The normalized spacial score (nSPS) is 11.5. The summed E-state index contributed by atoms with van der Waals surface area (Å²) in [6.45, 7) is 1.54. The molecule has 0 saturated heterocycles. The van der Waals surface area contributed by atoms with Crippen molar-refractivity contribution in [1.29, 1.82) is 0 Å². The van der Waals surface area contributed by atoms with Crippen molar-refractivity contribution in [3.63, 3.8) is 0 Å². The number of nitrogens with zero attached hydrogens (tertiary/aromatic N) is 2. The van der Waals surface area contributed by atoms with E-state index in [0.717, 1.165) is 11.3 Å². The van der Waals surface area contributed by atoms with E-state index in [9.17, 15) is 8.42 Å². The Morgan fingerprint density at radius 2 is 1.95 bits per heavy atom. The number of hydrogen-bond donors (Lipinski definition) is 1. The quantitative estimate of drug-likeness (QED) is 0.860. The topological polar surface area (TPSA) is 94.3 Å². The molecule has 0 amide bonds. The van der Waals surface area contributed by atoms with Gasteiger partial charge in [-0.25, -0.2) is 13.1 Å². The molecule has 20 heavy (non-hydrogen) atoms. The minimum atomic E-state index is -3.28. The maximum absolute atomic E-state index is 11.3. The standard InChI is InChI=1S/C12H15N3O4S/c1-3-20(16,17)13-8-11-14-15-12(19-11)9-4-6-10(18-2)7-5-9/h4-7,13H,3,8H2,1-2H3. The Bertz CT molecular complexity index is 664. The van der Waals surface area contributed by atoms with Gasteiger partial charge in [0.25, 0.3) is 0 Å². The number of rotatable bonds is 6. The summed E-state index contributed by atoms with van der Waals surface area (Å²) in [5.74, 6) is 1.28. The number of benzene rings is 1. The van der Waals surface area contributed by atoms with Crippen LogP contribution in [-0.2, 0) is 16.6 Å². The Hall–Kier alpha value is -1.93. The predicted molar refractivity (Wildman–Crippen MR) is 72.6 cm³/mol. The van der Waals surface area contributed by atoms with Crippen LogP contribution >= 0.6 is 0 Å². The number of methoxy groups -OCH3 is 1. The molecule has 2 rings (SSSR count). The molecule has 0 saturated carbocycles. The van der Waals surface area contributed by atoms with E-state index in [1.54, 1.807) is 38.3 Å². The Labute approximate surface area is 117 Å². The van der Waals surface area contributed by atoms with Crippen LogP contribution in [0.3, 0.4) is 0 Å². The van der Waals surface area contributed by atoms with Crippen molar-refractivity contribution in [2.75, 3.05) is 12.9 Å². The van der Waals surface area contributed by atoms with E-state index >= 15 is 0 Å². The lowest BCUT2D eigenvalue weighted by molar-refractivity contribution is 0.415. The van der Waals surface area contributed by atoms with E-state index in [1.165, 1.54) is 0 Å². The minimum Gasteiger partial charge on any atom is -0.497 e. The number of nitrogens with one attached hydrogen (secondary N) is 1. The Morgan fingerprint density at radius 3 is 2.55 bits per heavy atom. The molecule has 0 spiro atoms. The molecule has 7 nitrogen and oxygen atoms in total. The summed E-state index contributed by atoms with van der Waals surface area (Å²) in [5.41, 5.74) is 0.739. The molecule has 0 unspecified atom stereocenters. The fourth-order valence-corrected chi connectivity index (χ4v) is 2.00. The van der Waals surface area contributed by atoms with Crippen molar-refractivity contribution in [2.24, 2.45) is 0 Å². The summed E-state index contributed by atoms with van der Waals surface area (Å²) >= 11 is 0. The summed E-state index contributed by atoms with van der Waals surface area (Å²) < 4.78 is 35.4. The SMILES string of the molecule is CCS(=O)(=O)NCc1nnc(-c2ccc(OC)cc2)o1. The Morgan fingerprint density at radius 1 is 1.25 bits per heavy atom. The molecular weight excluding hydrogens is 282 g/mol. The van der Waals surface area contributed by atoms with E-state index in [0.29, 0.717) is 5.89 Å². The van der Waals surface area contributed by atoms with Gasteiger partial charge in [-0.05, 0) is 31.2 Å². The molecule has 0 atom stereocenters. The minimum absolute atomic E-state index is 0.00642. The molecule has 1 aromatic carbocycles. The van der Waals surface area contributed by atoms with Gasteiger partial charge in [0.1, 0.15) is 5.75 Å². The van der Waals surface area contributed by atoms with Crippen LogP contribution in [0.1, 0.15) is 12.8 Å². The number of hydrogen-bond acceptors (Lipinski definition) is 6. The van der Waals surface area contributed by atoms with E-state index < -0.39 is 10.0 Å². The fourth-order valence-electron chi connectivity index (χ4n) is 1.45. The van der Waals surface area contributed by atoms with Gasteiger partial charge in [0.15, 0.2) is 0 Å². The number of aromatic nitrogens is 2. The highest BCUT2D eigenvalue weighted by Crippen LogP contribution is 2.21. The third-order valence-electron chi connectivity index (χ3n) is 2.63. The van der Waals surface area contributed by atoms with Gasteiger partial charge in [0.05, 0.1) is 19.4 Å². The van der Waals surface area contributed by atoms with Gasteiger partial charge in [-0.1, -0.05) is 0 Å². The van der Waals surface area contributed by atoms with Crippen LogP contribution in [0.25, 0.3) is 11.5 Å². The third-order valence-corrected chi connectivity index (χ3v) is 3.97. The first-order chi connectivity index (χ1) is 9.54. The van der Waals surface area contributed by atoms with E-state index in [-0.39, 0.29) is 18.2 Å². The molecule has 0 bridgehead atoms. The first-order valence-corrected chi connectivity index (χ1v) is 7.63. The summed E-state index contributed by atoms with van der Waals surface area (Å²) in [6, 6.07) is 7.12. The Kier molecular flexibility index (Phi) is 4.35. The van der Waals surface area contributed by atoms with Crippen molar-refractivity contribution in [3.05, 3.63) is 30.2 Å². The molecule has 0 radical (unpaired) electrons. The molecule has 1 heterocycles. The highest BCUT2D eigenvalue weighted by atomic mass is 32.2. The molecule has 0 fully saturated rings. The average molecular weight is 297 g/mol. The summed E-state index contributed by atoms with van der Waals surface area (Å²) in [6.07, 6.45) is 0. The fraction of sp³-hybridized carbons (Fsp3) is 0.333. The molecule has 0 aliphatic carbocycles. The van der Waals surface area contributed by atoms with Crippen molar-refractivity contribution in [2.45, 2.75) is 13.5 Å². The van der Waals surface area contributed by atoms with E-state index in [4.69, 9.17) is 9.15 Å². The molecule has 8 heteroatoms. The van der Waals surface area contributed by atoms with Crippen LogP contribution in [0.4, 0.5) is 0 Å². The lowest BCUT2D eigenvalue weighted by Gasteiger charge is -2.00. The van der Waals surface area contributed by atoms with Crippen LogP contribution in [0.15, 0.2) is 28.7 Å². The molecule has 1 N–H and O–H groups in total.